The molecule has 2 heterocycles. The molecule has 0 amide bonds. The van der Waals surface area contributed by atoms with Crippen molar-refractivity contribution in [1.82, 2.24) is 9.55 Å². The van der Waals surface area contributed by atoms with E-state index in [1.807, 2.05) is 84.9 Å². The van der Waals surface area contributed by atoms with E-state index in [9.17, 15) is 5.11 Å². The maximum absolute atomic E-state index is 13.4. The first-order chi connectivity index (χ1) is 15.8. The number of aromatic nitrogens is 3. The molecule has 6 rings (SSSR count). The van der Waals surface area contributed by atoms with Crippen molar-refractivity contribution in [2.24, 2.45) is 0 Å². The first kappa shape index (κ1) is 21.0. The number of hydrogen-bond donors (Lipinski definition) is 0. The Morgan fingerprint density at radius 1 is 0.667 bits per heavy atom. The number of para-hydroxylation sites is 3. The van der Waals surface area contributed by atoms with Crippen LogP contribution < -0.4 is 29.0 Å². The van der Waals surface area contributed by atoms with Crippen molar-refractivity contribution in [1.29, 1.82) is 0 Å². The zero-order valence-corrected chi connectivity index (χ0v) is 18.2. The molecule has 0 fully saturated rings. The van der Waals surface area contributed by atoms with Crippen LogP contribution in [0, 0.1) is 0 Å². The number of H-pyrrole nitrogens is 1. The fourth-order valence-corrected chi connectivity index (χ4v) is 4.34. The average Bonchev–Trinajstić information content (AvgIpc) is 3.24. The van der Waals surface area contributed by atoms with E-state index in [1.54, 1.807) is 6.20 Å². The third kappa shape index (κ3) is 3.50. The van der Waals surface area contributed by atoms with E-state index in [4.69, 9.17) is 4.98 Å². The largest absolute Gasteiger partial charge is 1.00 e. The molecule has 5 heteroatoms. The summed E-state index contributed by atoms with van der Waals surface area (Å²) in [5, 5.41) is 14.3. The zero-order valence-electron chi connectivity index (χ0n) is 18.2. The molecule has 0 radical (unpaired) electrons. The number of nitrogens with zero attached hydrogens (tertiary/aromatic N) is 2. The van der Waals surface area contributed by atoms with Crippen LogP contribution in [0.15, 0.2) is 109 Å². The Morgan fingerprint density at radius 3 is 2.24 bits per heavy atom. The first-order valence-corrected chi connectivity index (χ1v) is 10.5. The summed E-state index contributed by atoms with van der Waals surface area (Å²) in [5.74, 6) is 0.794. The van der Waals surface area contributed by atoms with Gasteiger partial charge in [-0.15, -0.1) is 0 Å². The topological polar surface area (TPSA) is 55.0 Å². The molecule has 152 valence electrons. The van der Waals surface area contributed by atoms with E-state index in [-0.39, 0.29) is 24.6 Å². The second-order valence-electron chi connectivity index (χ2n) is 7.72. The van der Waals surface area contributed by atoms with Gasteiger partial charge in [-0.25, -0.2) is 9.97 Å². The summed E-state index contributed by atoms with van der Waals surface area (Å²) in [7, 11) is 0. The fourth-order valence-electron chi connectivity index (χ4n) is 4.34. The Labute approximate surface area is 203 Å². The number of nitrogens with one attached hydrogen (secondary N) is 1. The van der Waals surface area contributed by atoms with Crippen molar-refractivity contribution in [2.45, 2.75) is 0 Å². The van der Waals surface area contributed by atoms with E-state index < -0.39 is 0 Å². The predicted octanol–water partition coefficient (Wildman–Crippen LogP) is 2.40. The van der Waals surface area contributed by atoms with Crippen LogP contribution >= 0.6 is 0 Å². The van der Waals surface area contributed by atoms with Gasteiger partial charge in [0.25, 0.3) is 0 Å². The quantitative estimate of drug-likeness (QED) is 0.413. The van der Waals surface area contributed by atoms with Crippen LogP contribution in [0.1, 0.15) is 0 Å². The Bertz CT molecular complexity index is 1590. The van der Waals surface area contributed by atoms with E-state index >= 15 is 0 Å². The van der Waals surface area contributed by atoms with Gasteiger partial charge in [0.15, 0.2) is 6.20 Å². The molecule has 0 atom stereocenters. The monoisotopic (exact) mass is 420 g/mol. The molecule has 2 aromatic heterocycles. The average molecular weight is 420 g/mol. The van der Waals surface area contributed by atoms with Crippen molar-refractivity contribution in [2.75, 3.05) is 0 Å². The second kappa shape index (κ2) is 8.59. The minimum Gasteiger partial charge on any atom is -0.868 e. The van der Waals surface area contributed by atoms with Gasteiger partial charge in [-0.3, -0.25) is 4.57 Å². The number of benzene rings is 4. The van der Waals surface area contributed by atoms with E-state index in [0.717, 1.165) is 39.1 Å². The van der Waals surface area contributed by atoms with Gasteiger partial charge in [0.1, 0.15) is 5.82 Å². The van der Waals surface area contributed by atoms with E-state index in [1.165, 1.54) is 0 Å². The second-order valence-corrected chi connectivity index (χ2v) is 7.72. The van der Waals surface area contributed by atoms with Crippen molar-refractivity contribution in [3.8, 4) is 34.0 Å². The maximum Gasteiger partial charge on any atom is 1.00 e. The summed E-state index contributed by atoms with van der Waals surface area (Å²) in [6, 6.07) is 34.0. The molecule has 33 heavy (non-hydrogen) atoms. The normalized spacial score (nSPS) is 10.9. The summed E-state index contributed by atoms with van der Waals surface area (Å²) in [6.45, 7) is 0. The third-order valence-electron chi connectivity index (χ3n) is 5.82. The van der Waals surface area contributed by atoms with Crippen LogP contribution in [0.4, 0.5) is 0 Å². The molecule has 0 spiro atoms. The number of aromatic amines is 1. The summed E-state index contributed by atoms with van der Waals surface area (Å²) in [4.78, 5) is 8.10. The molecule has 4 aromatic carbocycles. The van der Waals surface area contributed by atoms with Crippen LogP contribution in [-0.4, -0.2) is 9.55 Å². The SMILES string of the molecule is [Li+].[O-]c1c(-c2ccccc2-c2nc3ccccc3n2-c2ccccc2)ccc2ccc[nH+]c12. The van der Waals surface area contributed by atoms with E-state index in [0.29, 0.717) is 11.1 Å². The van der Waals surface area contributed by atoms with Gasteiger partial charge < -0.3 is 5.11 Å². The van der Waals surface area contributed by atoms with Gasteiger partial charge in [0.2, 0.25) is 5.52 Å². The maximum atomic E-state index is 13.4. The molecule has 4 nitrogen and oxygen atoms in total. The zero-order chi connectivity index (χ0) is 21.5. The molecule has 1 N–H and O–H groups in total. The molecule has 0 aliphatic rings. The minimum atomic E-state index is -0.0158. The van der Waals surface area contributed by atoms with Crippen LogP contribution in [0.5, 0.6) is 5.75 Å². The smallest absolute Gasteiger partial charge is 0.868 e. The molecule has 6 aromatic rings. The molecular weight excluding hydrogens is 401 g/mol. The van der Waals surface area contributed by atoms with Crippen molar-refractivity contribution in [3.63, 3.8) is 0 Å². The molecule has 0 unspecified atom stereocenters. The molecule has 0 saturated heterocycles. The van der Waals surface area contributed by atoms with Gasteiger partial charge in [-0.2, -0.15) is 0 Å². The predicted molar refractivity (Wildman–Crippen MR) is 125 cm³/mol. The van der Waals surface area contributed by atoms with E-state index in [2.05, 4.69) is 27.8 Å². The Balaban J connectivity index is 0.00000228. The van der Waals surface area contributed by atoms with Gasteiger partial charge in [-0.1, -0.05) is 60.7 Å². The number of imidazole rings is 1. The third-order valence-corrected chi connectivity index (χ3v) is 5.82. The Morgan fingerprint density at radius 2 is 1.39 bits per heavy atom. The minimum absolute atomic E-state index is 0. The fraction of sp³-hybridized carbons (Fsp3) is 0. The number of pyridine rings is 1. The van der Waals surface area contributed by atoms with Gasteiger partial charge >= 0.3 is 18.9 Å². The summed E-state index contributed by atoms with van der Waals surface area (Å²) >= 11 is 0. The first-order valence-electron chi connectivity index (χ1n) is 10.5. The van der Waals surface area contributed by atoms with Crippen molar-refractivity contribution < 1.29 is 29.0 Å². The Hall–Kier alpha value is -3.84. The molecule has 0 aliphatic heterocycles. The molecule has 0 bridgehead atoms. The number of rotatable bonds is 3. The van der Waals surface area contributed by atoms with Crippen molar-refractivity contribution in [3.05, 3.63) is 109 Å². The molecule has 0 saturated carbocycles. The molecular formula is C28H19LiN3O+. The van der Waals surface area contributed by atoms with Gasteiger partial charge in [-0.05, 0) is 53.3 Å². The molecule has 0 aliphatic carbocycles. The number of hydrogen-bond acceptors (Lipinski definition) is 2. The van der Waals surface area contributed by atoms with Crippen LogP contribution in [0.3, 0.4) is 0 Å². The van der Waals surface area contributed by atoms with Crippen LogP contribution in [0.25, 0.3) is 50.1 Å². The summed E-state index contributed by atoms with van der Waals surface area (Å²) in [5.41, 5.74) is 6.01. The summed E-state index contributed by atoms with van der Waals surface area (Å²) < 4.78 is 2.16. The van der Waals surface area contributed by atoms with Gasteiger partial charge in [0.05, 0.1) is 11.0 Å². The standard InChI is InChI=1S/C28H19N3O.Li/c32-27-22(17-16-19-9-8-18-29-26(19)27)21-12-4-5-13-23(21)28-30-24-14-6-7-15-25(24)31(28)20-10-2-1-3-11-20;/h1-18,32H;/q;+1. The number of fused-ring (bicyclic) bond motifs is 2. The Kier molecular flexibility index (Phi) is 5.48. The van der Waals surface area contributed by atoms with Crippen LogP contribution in [0.2, 0.25) is 0 Å². The summed E-state index contributed by atoms with van der Waals surface area (Å²) in [6.07, 6.45) is 1.79. The van der Waals surface area contributed by atoms with Crippen LogP contribution in [-0.2, 0) is 0 Å². The van der Waals surface area contributed by atoms with Crippen molar-refractivity contribution >= 4 is 21.9 Å². The van der Waals surface area contributed by atoms with Gasteiger partial charge in [0, 0.05) is 22.7 Å².